The standard InChI is InChI=1S/C11H16N2O2/c1-2-3-7-13-11(14)9-15-10-5-4-6-12-8-10/h4-6,8H,2-3,7,9H2,1H3,(H,13,14). The van der Waals surface area contributed by atoms with Crippen molar-refractivity contribution >= 4 is 5.91 Å². The number of rotatable bonds is 6. The highest BCUT2D eigenvalue weighted by molar-refractivity contribution is 5.77. The van der Waals surface area contributed by atoms with Crippen LogP contribution in [-0.4, -0.2) is 24.0 Å². The highest BCUT2D eigenvalue weighted by Crippen LogP contribution is 2.05. The Labute approximate surface area is 89.7 Å². The maximum atomic E-state index is 11.2. The number of nitrogens with one attached hydrogen (secondary N) is 1. The van der Waals surface area contributed by atoms with Crippen LogP contribution < -0.4 is 10.1 Å². The molecule has 1 aromatic heterocycles. The molecule has 0 saturated heterocycles. The second kappa shape index (κ2) is 6.81. The number of carbonyl (C=O) groups excluding carboxylic acids is 1. The van der Waals surface area contributed by atoms with Crippen LogP contribution in [0.2, 0.25) is 0 Å². The zero-order valence-corrected chi connectivity index (χ0v) is 8.90. The van der Waals surface area contributed by atoms with Gasteiger partial charge in [0.15, 0.2) is 6.61 Å². The minimum Gasteiger partial charge on any atom is -0.482 e. The van der Waals surface area contributed by atoms with Crippen molar-refractivity contribution in [2.24, 2.45) is 0 Å². The summed E-state index contributed by atoms with van der Waals surface area (Å²) in [7, 11) is 0. The van der Waals surface area contributed by atoms with Gasteiger partial charge in [0.2, 0.25) is 0 Å². The second-order valence-corrected chi connectivity index (χ2v) is 3.18. The molecule has 0 fully saturated rings. The van der Waals surface area contributed by atoms with Crippen LogP contribution in [0.1, 0.15) is 19.8 Å². The van der Waals surface area contributed by atoms with E-state index in [9.17, 15) is 4.79 Å². The Morgan fingerprint density at radius 3 is 3.13 bits per heavy atom. The molecule has 0 radical (unpaired) electrons. The lowest BCUT2D eigenvalue weighted by atomic mass is 10.3. The smallest absolute Gasteiger partial charge is 0.257 e. The summed E-state index contributed by atoms with van der Waals surface area (Å²) in [5, 5.41) is 2.77. The predicted octanol–water partition coefficient (Wildman–Crippen LogP) is 1.38. The molecule has 0 aliphatic carbocycles. The summed E-state index contributed by atoms with van der Waals surface area (Å²) in [5.74, 6) is 0.524. The van der Waals surface area contributed by atoms with E-state index in [1.165, 1.54) is 0 Å². The van der Waals surface area contributed by atoms with E-state index in [-0.39, 0.29) is 12.5 Å². The lowest BCUT2D eigenvalue weighted by molar-refractivity contribution is -0.123. The highest BCUT2D eigenvalue weighted by Gasteiger charge is 2.00. The van der Waals surface area contributed by atoms with Gasteiger partial charge in [-0.3, -0.25) is 9.78 Å². The van der Waals surface area contributed by atoms with Crippen molar-refractivity contribution in [1.29, 1.82) is 0 Å². The molecule has 0 aliphatic rings. The number of carbonyl (C=O) groups is 1. The molecule has 1 heterocycles. The summed E-state index contributed by atoms with van der Waals surface area (Å²) < 4.78 is 5.22. The number of pyridine rings is 1. The summed E-state index contributed by atoms with van der Waals surface area (Å²) >= 11 is 0. The van der Waals surface area contributed by atoms with Gasteiger partial charge in [-0.15, -0.1) is 0 Å². The minimum atomic E-state index is -0.0905. The Hall–Kier alpha value is -1.58. The Morgan fingerprint density at radius 2 is 2.47 bits per heavy atom. The van der Waals surface area contributed by atoms with Crippen LogP contribution >= 0.6 is 0 Å². The van der Waals surface area contributed by atoms with Gasteiger partial charge < -0.3 is 10.1 Å². The molecule has 0 atom stereocenters. The van der Waals surface area contributed by atoms with Crippen LogP contribution in [0.3, 0.4) is 0 Å². The molecule has 4 nitrogen and oxygen atoms in total. The van der Waals surface area contributed by atoms with Gasteiger partial charge in [-0.25, -0.2) is 0 Å². The Kier molecular flexibility index (Phi) is 5.22. The van der Waals surface area contributed by atoms with E-state index in [4.69, 9.17) is 4.74 Å². The second-order valence-electron chi connectivity index (χ2n) is 3.18. The van der Waals surface area contributed by atoms with Crippen LogP contribution in [0.5, 0.6) is 5.75 Å². The predicted molar refractivity (Wildman–Crippen MR) is 57.6 cm³/mol. The van der Waals surface area contributed by atoms with Crippen molar-refractivity contribution in [3.8, 4) is 5.75 Å². The first kappa shape index (κ1) is 11.5. The van der Waals surface area contributed by atoms with Crippen molar-refractivity contribution in [3.63, 3.8) is 0 Å². The number of aromatic nitrogens is 1. The van der Waals surface area contributed by atoms with Crippen molar-refractivity contribution < 1.29 is 9.53 Å². The molecular weight excluding hydrogens is 192 g/mol. The fourth-order valence-electron chi connectivity index (χ4n) is 1.04. The van der Waals surface area contributed by atoms with Crippen molar-refractivity contribution in [1.82, 2.24) is 10.3 Å². The van der Waals surface area contributed by atoms with Crippen LogP contribution in [-0.2, 0) is 4.79 Å². The number of ether oxygens (including phenoxy) is 1. The van der Waals surface area contributed by atoms with Crippen LogP contribution in [0.4, 0.5) is 0 Å². The fourth-order valence-corrected chi connectivity index (χ4v) is 1.04. The molecule has 82 valence electrons. The minimum absolute atomic E-state index is 0.0510. The van der Waals surface area contributed by atoms with Crippen LogP contribution in [0.15, 0.2) is 24.5 Å². The number of hydrogen-bond acceptors (Lipinski definition) is 3. The van der Waals surface area contributed by atoms with E-state index >= 15 is 0 Å². The van der Waals surface area contributed by atoms with E-state index in [2.05, 4.69) is 17.2 Å². The van der Waals surface area contributed by atoms with Gasteiger partial charge >= 0.3 is 0 Å². The third-order valence-corrected chi connectivity index (χ3v) is 1.86. The molecular formula is C11H16N2O2. The molecule has 1 amide bonds. The Bertz CT molecular complexity index is 288. The van der Waals surface area contributed by atoms with Gasteiger partial charge in [0.1, 0.15) is 5.75 Å². The molecule has 0 aromatic carbocycles. The Morgan fingerprint density at radius 1 is 1.60 bits per heavy atom. The first-order chi connectivity index (χ1) is 7.33. The zero-order valence-electron chi connectivity index (χ0n) is 8.90. The first-order valence-electron chi connectivity index (χ1n) is 5.12. The van der Waals surface area contributed by atoms with E-state index in [0.29, 0.717) is 12.3 Å². The summed E-state index contributed by atoms with van der Waals surface area (Å²) in [4.78, 5) is 15.1. The molecule has 0 bridgehead atoms. The number of unbranched alkanes of at least 4 members (excludes halogenated alkanes) is 1. The van der Waals surface area contributed by atoms with E-state index in [1.807, 2.05) is 0 Å². The molecule has 0 spiro atoms. The molecule has 4 heteroatoms. The van der Waals surface area contributed by atoms with Crippen LogP contribution in [0, 0.1) is 0 Å². The molecule has 1 aromatic rings. The molecule has 1 rings (SSSR count). The van der Waals surface area contributed by atoms with E-state index in [1.54, 1.807) is 24.5 Å². The normalized spacial score (nSPS) is 9.67. The molecule has 0 aliphatic heterocycles. The van der Waals surface area contributed by atoms with Gasteiger partial charge in [-0.1, -0.05) is 13.3 Å². The first-order valence-corrected chi connectivity index (χ1v) is 5.12. The summed E-state index contributed by atoms with van der Waals surface area (Å²) in [6, 6.07) is 3.54. The molecule has 15 heavy (non-hydrogen) atoms. The number of amides is 1. The molecule has 1 N–H and O–H groups in total. The molecule has 0 unspecified atom stereocenters. The fraction of sp³-hybridized carbons (Fsp3) is 0.455. The quantitative estimate of drug-likeness (QED) is 0.718. The van der Waals surface area contributed by atoms with Crippen LogP contribution in [0.25, 0.3) is 0 Å². The topological polar surface area (TPSA) is 51.2 Å². The van der Waals surface area contributed by atoms with Crippen molar-refractivity contribution in [2.45, 2.75) is 19.8 Å². The van der Waals surface area contributed by atoms with Crippen molar-refractivity contribution in [2.75, 3.05) is 13.2 Å². The van der Waals surface area contributed by atoms with Gasteiger partial charge in [-0.2, -0.15) is 0 Å². The van der Waals surface area contributed by atoms with E-state index in [0.717, 1.165) is 12.8 Å². The van der Waals surface area contributed by atoms with E-state index < -0.39 is 0 Å². The zero-order chi connectivity index (χ0) is 10.9. The van der Waals surface area contributed by atoms with Crippen molar-refractivity contribution in [3.05, 3.63) is 24.5 Å². The highest BCUT2D eigenvalue weighted by atomic mass is 16.5. The summed E-state index contributed by atoms with van der Waals surface area (Å²) in [5.41, 5.74) is 0. The maximum Gasteiger partial charge on any atom is 0.257 e. The maximum absolute atomic E-state index is 11.2. The van der Waals surface area contributed by atoms with Gasteiger partial charge in [0.25, 0.3) is 5.91 Å². The number of nitrogens with zero attached hydrogens (tertiary/aromatic N) is 1. The third-order valence-electron chi connectivity index (χ3n) is 1.86. The summed E-state index contributed by atoms with van der Waals surface area (Å²) in [6.07, 6.45) is 5.32. The lowest BCUT2D eigenvalue weighted by Gasteiger charge is -2.06. The number of hydrogen-bond donors (Lipinski definition) is 1. The van der Waals surface area contributed by atoms with Gasteiger partial charge in [0.05, 0.1) is 6.20 Å². The average molecular weight is 208 g/mol. The Balaban J connectivity index is 2.17. The SMILES string of the molecule is CCCCNC(=O)COc1cccnc1. The van der Waals surface area contributed by atoms with Gasteiger partial charge in [-0.05, 0) is 18.6 Å². The summed E-state index contributed by atoms with van der Waals surface area (Å²) in [6.45, 7) is 2.85. The largest absolute Gasteiger partial charge is 0.482 e. The monoisotopic (exact) mass is 208 g/mol. The molecule has 0 saturated carbocycles. The lowest BCUT2D eigenvalue weighted by Crippen LogP contribution is -2.29. The van der Waals surface area contributed by atoms with Gasteiger partial charge in [0, 0.05) is 12.7 Å². The average Bonchev–Trinajstić information content (AvgIpc) is 2.28. The third kappa shape index (κ3) is 5.00.